The number of aromatic nitrogens is 2. The Bertz CT molecular complexity index is 390. The normalized spacial score (nSPS) is 25.1. The second-order valence-corrected chi connectivity index (χ2v) is 5.93. The van der Waals surface area contributed by atoms with Gasteiger partial charge in [0.15, 0.2) is 0 Å². The molecule has 3 nitrogen and oxygen atoms in total. The zero-order valence-corrected chi connectivity index (χ0v) is 11.6. The van der Waals surface area contributed by atoms with E-state index in [1.807, 2.05) is 0 Å². The standard InChI is InChI=1S/C15H25N3/c1-13-6-5-7-14-12-16-15(18(13)14)8-11-17-9-3-2-4-10-17/h12-13H,2-11H2,1H3. The Kier molecular flexibility index (Phi) is 3.69. The second kappa shape index (κ2) is 5.43. The summed E-state index contributed by atoms with van der Waals surface area (Å²) < 4.78 is 2.51. The molecule has 1 unspecified atom stereocenters. The van der Waals surface area contributed by atoms with Crippen LogP contribution in [-0.4, -0.2) is 34.1 Å². The smallest absolute Gasteiger partial charge is 0.110 e. The minimum absolute atomic E-state index is 0.660. The Morgan fingerprint density at radius 1 is 1.22 bits per heavy atom. The molecule has 0 aromatic carbocycles. The van der Waals surface area contributed by atoms with Crippen LogP contribution in [0.1, 0.15) is 56.6 Å². The molecule has 18 heavy (non-hydrogen) atoms. The number of nitrogens with zero attached hydrogens (tertiary/aromatic N) is 3. The summed E-state index contributed by atoms with van der Waals surface area (Å²) >= 11 is 0. The average Bonchev–Trinajstić information content (AvgIpc) is 2.82. The monoisotopic (exact) mass is 247 g/mol. The molecular formula is C15H25N3. The number of fused-ring (bicyclic) bond motifs is 1. The largest absolute Gasteiger partial charge is 0.329 e. The molecule has 3 rings (SSSR count). The maximum atomic E-state index is 4.67. The minimum atomic E-state index is 0.660. The number of imidazole rings is 1. The summed E-state index contributed by atoms with van der Waals surface area (Å²) in [4.78, 5) is 7.28. The summed E-state index contributed by atoms with van der Waals surface area (Å²) in [6.07, 6.45) is 11.3. The highest BCUT2D eigenvalue weighted by Crippen LogP contribution is 2.26. The van der Waals surface area contributed by atoms with E-state index in [1.165, 1.54) is 69.7 Å². The highest BCUT2D eigenvalue weighted by atomic mass is 15.1. The van der Waals surface area contributed by atoms with E-state index in [-0.39, 0.29) is 0 Å². The predicted molar refractivity (Wildman–Crippen MR) is 73.9 cm³/mol. The molecule has 1 aromatic rings. The summed E-state index contributed by atoms with van der Waals surface area (Å²) in [5.41, 5.74) is 1.46. The molecule has 0 amide bonds. The molecule has 0 spiro atoms. The topological polar surface area (TPSA) is 21.1 Å². The lowest BCUT2D eigenvalue weighted by Crippen LogP contribution is -2.32. The quantitative estimate of drug-likeness (QED) is 0.819. The van der Waals surface area contributed by atoms with Crippen molar-refractivity contribution < 1.29 is 0 Å². The number of hydrogen-bond donors (Lipinski definition) is 0. The first-order valence-electron chi connectivity index (χ1n) is 7.62. The van der Waals surface area contributed by atoms with Crippen LogP contribution in [-0.2, 0) is 12.8 Å². The van der Waals surface area contributed by atoms with E-state index in [4.69, 9.17) is 0 Å². The molecule has 3 heteroatoms. The van der Waals surface area contributed by atoms with Crippen LogP contribution >= 0.6 is 0 Å². The van der Waals surface area contributed by atoms with E-state index in [1.54, 1.807) is 0 Å². The van der Waals surface area contributed by atoms with Crippen LogP contribution in [0.2, 0.25) is 0 Å². The van der Waals surface area contributed by atoms with E-state index in [0.717, 1.165) is 6.42 Å². The minimum Gasteiger partial charge on any atom is -0.329 e. The van der Waals surface area contributed by atoms with Gasteiger partial charge in [0.25, 0.3) is 0 Å². The SMILES string of the molecule is CC1CCCc2cnc(CCN3CCCCC3)n21. The van der Waals surface area contributed by atoms with Gasteiger partial charge in [0.2, 0.25) is 0 Å². The van der Waals surface area contributed by atoms with Gasteiger partial charge in [0, 0.05) is 30.9 Å². The summed E-state index contributed by atoms with van der Waals surface area (Å²) in [5, 5.41) is 0. The number of piperidine rings is 1. The van der Waals surface area contributed by atoms with Gasteiger partial charge < -0.3 is 9.47 Å². The number of hydrogen-bond acceptors (Lipinski definition) is 2. The molecule has 0 aliphatic carbocycles. The summed E-state index contributed by atoms with van der Waals surface area (Å²) in [5.74, 6) is 1.32. The number of likely N-dealkylation sites (tertiary alicyclic amines) is 1. The van der Waals surface area contributed by atoms with Crippen molar-refractivity contribution in [2.45, 2.75) is 57.9 Å². The van der Waals surface area contributed by atoms with Crippen LogP contribution < -0.4 is 0 Å². The van der Waals surface area contributed by atoms with Crippen molar-refractivity contribution in [3.8, 4) is 0 Å². The van der Waals surface area contributed by atoms with Crippen molar-refractivity contribution in [2.24, 2.45) is 0 Å². The third kappa shape index (κ3) is 2.46. The van der Waals surface area contributed by atoms with Crippen molar-refractivity contribution >= 4 is 0 Å². The van der Waals surface area contributed by atoms with Gasteiger partial charge >= 0.3 is 0 Å². The van der Waals surface area contributed by atoms with E-state index in [9.17, 15) is 0 Å². The van der Waals surface area contributed by atoms with Crippen molar-refractivity contribution in [2.75, 3.05) is 19.6 Å². The zero-order valence-electron chi connectivity index (χ0n) is 11.6. The Morgan fingerprint density at radius 3 is 2.89 bits per heavy atom. The van der Waals surface area contributed by atoms with Gasteiger partial charge in [-0.2, -0.15) is 0 Å². The lowest BCUT2D eigenvalue weighted by Gasteiger charge is -2.28. The van der Waals surface area contributed by atoms with Gasteiger partial charge in [0.05, 0.1) is 0 Å². The molecule has 0 radical (unpaired) electrons. The molecule has 100 valence electrons. The first kappa shape index (κ1) is 12.2. The molecular weight excluding hydrogens is 222 g/mol. The predicted octanol–water partition coefficient (Wildman–Crippen LogP) is 2.81. The van der Waals surface area contributed by atoms with Crippen LogP contribution in [0.15, 0.2) is 6.20 Å². The lowest BCUT2D eigenvalue weighted by atomic mass is 10.0. The Labute approximate surface area is 110 Å². The van der Waals surface area contributed by atoms with E-state index in [2.05, 4.69) is 27.6 Å². The first-order valence-corrected chi connectivity index (χ1v) is 7.62. The van der Waals surface area contributed by atoms with Crippen molar-refractivity contribution in [3.63, 3.8) is 0 Å². The number of rotatable bonds is 3. The molecule has 2 aliphatic rings. The molecule has 3 heterocycles. The highest BCUT2D eigenvalue weighted by molar-refractivity contribution is 5.10. The van der Waals surface area contributed by atoms with Crippen molar-refractivity contribution in [1.82, 2.24) is 14.5 Å². The third-order valence-corrected chi connectivity index (χ3v) is 4.55. The van der Waals surface area contributed by atoms with E-state index < -0.39 is 0 Å². The van der Waals surface area contributed by atoms with E-state index in [0.29, 0.717) is 6.04 Å². The zero-order chi connectivity index (χ0) is 12.4. The number of aryl methyl sites for hydroxylation is 1. The molecule has 1 fully saturated rings. The second-order valence-electron chi connectivity index (χ2n) is 5.93. The van der Waals surface area contributed by atoms with Crippen LogP contribution in [0, 0.1) is 0 Å². The summed E-state index contributed by atoms with van der Waals surface area (Å²) in [6, 6.07) is 0.660. The van der Waals surface area contributed by atoms with Gasteiger partial charge in [-0.25, -0.2) is 4.98 Å². The highest BCUT2D eigenvalue weighted by Gasteiger charge is 2.20. The Hall–Kier alpha value is -0.830. The van der Waals surface area contributed by atoms with Crippen LogP contribution in [0.25, 0.3) is 0 Å². The summed E-state index contributed by atoms with van der Waals surface area (Å²) in [7, 11) is 0. The van der Waals surface area contributed by atoms with Gasteiger partial charge in [-0.1, -0.05) is 6.42 Å². The lowest BCUT2D eigenvalue weighted by molar-refractivity contribution is 0.228. The molecule has 2 aliphatic heterocycles. The van der Waals surface area contributed by atoms with Gasteiger partial charge in [0.1, 0.15) is 5.82 Å². The van der Waals surface area contributed by atoms with Crippen LogP contribution in [0.3, 0.4) is 0 Å². The van der Waals surface area contributed by atoms with E-state index >= 15 is 0 Å². The molecule has 0 N–H and O–H groups in total. The van der Waals surface area contributed by atoms with Gasteiger partial charge in [-0.15, -0.1) is 0 Å². The van der Waals surface area contributed by atoms with Crippen LogP contribution in [0.4, 0.5) is 0 Å². The third-order valence-electron chi connectivity index (χ3n) is 4.55. The van der Waals surface area contributed by atoms with Crippen molar-refractivity contribution in [1.29, 1.82) is 0 Å². The molecule has 1 atom stereocenters. The fourth-order valence-corrected chi connectivity index (χ4v) is 3.50. The molecule has 1 aromatic heterocycles. The summed E-state index contributed by atoms with van der Waals surface area (Å²) in [6.45, 7) is 6.13. The van der Waals surface area contributed by atoms with Gasteiger partial charge in [-0.05, 0) is 52.1 Å². The fraction of sp³-hybridized carbons (Fsp3) is 0.800. The molecule has 0 bridgehead atoms. The average molecular weight is 247 g/mol. The van der Waals surface area contributed by atoms with Gasteiger partial charge in [-0.3, -0.25) is 0 Å². The molecule has 0 saturated carbocycles. The maximum Gasteiger partial charge on any atom is 0.110 e. The fourth-order valence-electron chi connectivity index (χ4n) is 3.50. The Morgan fingerprint density at radius 2 is 2.06 bits per heavy atom. The maximum absolute atomic E-state index is 4.67. The van der Waals surface area contributed by atoms with Crippen LogP contribution in [0.5, 0.6) is 0 Å². The Balaban J connectivity index is 1.64. The molecule has 1 saturated heterocycles. The van der Waals surface area contributed by atoms with Crippen molar-refractivity contribution in [3.05, 3.63) is 17.7 Å². The first-order chi connectivity index (χ1) is 8.84.